The van der Waals surface area contributed by atoms with Crippen LogP contribution in [0.15, 0.2) is 36.4 Å². The molecule has 2 aromatic carbocycles. The largest absolute Gasteiger partial charge is 0.504 e. The molecule has 3 rings (SSSR count). The molecule has 1 aliphatic rings. The summed E-state index contributed by atoms with van der Waals surface area (Å²) in [7, 11) is 1.48. The number of phenolic OH excluding ortho intramolecular Hbond substituents is 1. The molecule has 1 N–H and O–H groups in total. The molecule has 1 heterocycles. The molecular formula is C17H15Cl2NO3. The summed E-state index contributed by atoms with van der Waals surface area (Å²) >= 11 is 12.0. The summed E-state index contributed by atoms with van der Waals surface area (Å²) in [6.45, 7) is 0.579. The smallest absolute Gasteiger partial charge is 0.234 e. The van der Waals surface area contributed by atoms with Gasteiger partial charge in [0, 0.05) is 18.3 Å². The van der Waals surface area contributed by atoms with Gasteiger partial charge < -0.3 is 14.7 Å². The van der Waals surface area contributed by atoms with E-state index in [0.29, 0.717) is 34.4 Å². The van der Waals surface area contributed by atoms with Crippen molar-refractivity contribution < 1.29 is 14.6 Å². The van der Waals surface area contributed by atoms with Crippen molar-refractivity contribution in [1.82, 2.24) is 0 Å². The second-order valence-corrected chi connectivity index (χ2v) is 6.18. The first-order valence-electron chi connectivity index (χ1n) is 7.14. The third kappa shape index (κ3) is 2.96. The quantitative estimate of drug-likeness (QED) is 0.900. The van der Waals surface area contributed by atoms with Gasteiger partial charge in [0.05, 0.1) is 23.1 Å². The lowest BCUT2D eigenvalue weighted by Gasteiger charge is -2.18. The number of amides is 1. The number of methoxy groups -OCH3 is 1. The van der Waals surface area contributed by atoms with Crippen LogP contribution < -0.4 is 9.64 Å². The molecule has 0 saturated carbocycles. The van der Waals surface area contributed by atoms with Gasteiger partial charge in [-0.15, -0.1) is 0 Å². The van der Waals surface area contributed by atoms with Crippen LogP contribution in [0, 0.1) is 0 Å². The van der Waals surface area contributed by atoms with Gasteiger partial charge in [-0.05, 0) is 36.2 Å². The monoisotopic (exact) mass is 351 g/mol. The molecule has 1 unspecified atom stereocenters. The van der Waals surface area contributed by atoms with Gasteiger partial charge >= 0.3 is 0 Å². The molecule has 6 heteroatoms. The lowest BCUT2D eigenvalue weighted by molar-refractivity contribution is -0.118. The molecule has 1 atom stereocenters. The number of aromatic hydroxyl groups is 1. The van der Waals surface area contributed by atoms with Crippen molar-refractivity contribution in [2.24, 2.45) is 0 Å². The van der Waals surface area contributed by atoms with Crippen LogP contribution >= 0.6 is 23.2 Å². The number of halogens is 2. The normalized spacial score (nSPS) is 17.6. The van der Waals surface area contributed by atoms with E-state index in [1.165, 1.54) is 13.2 Å². The van der Waals surface area contributed by atoms with Crippen LogP contribution in [0.5, 0.6) is 11.5 Å². The second-order valence-electron chi connectivity index (χ2n) is 5.36. The molecule has 1 amide bonds. The van der Waals surface area contributed by atoms with Gasteiger partial charge in [0.2, 0.25) is 5.91 Å². The summed E-state index contributed by atoms with van der Waals surface area (Å²) in [4.78, 5) is 14.4. The molecule has 0 radical (unpaired) electrons. The van der Waals surface area contributed by atoms with E-state index in [1.54, 1.807) is 29.2 Å². The van der Waals surface area contributed by atoms with E-state index in [-0.39, 0.29) is 17.6 Å². The van der Waals surface area contributed by atoms with E-state index in [2.05, 4.69) is 0 Å². The van der Waals surface area contributed by atoms with Gasteiger partial charge in [0.1, 0.15) is 0 Å². The number of anilines is 1. The first kappa shape index (κ1) is 16.0. The SMILES string of the molecule is COc1ccc(N2CCC(c3ccc(Cl)c(Cl)c3)C2=O)cc1O. The Morgan fingerprint density at radius 1 is 1.17 bits per heavy atom. The number of phenols is 1. The van der Waals surface area contributed by atoms with Crippen LogP contribution in [0.25, 0.3) is 0 Å². The number of carbonyl (C=O) groups is 1. The Morgan fingerprint density at radius 2 is 1.96 bits per heavy atom. The van der Waals surface area contributed by atoms with E-state index in [0.717, 1.165) is 5.56 Å². The molecule has 120 valence electrons. The average Bonchev–Trinajstić information content (AvgIpc) is 2.91. The van der Waals surface area contributed by atoms with Gasteiger partial charge in [-0.2, -0.15) is 0 Å². The molecule has 1 aliphatic heterocycles. The molecule has 4 nitrogen and oxygen atoms in total. The maximum absolute atomic E-state index is 12.7. The summed E-state index contributed by atoms with van der Waals surface area (Å²) in [6, 6.07) is 10.2. The molecule has 2 aromatic rings. The van der Waals surface area contributed by atoms with Crippen molar-refractivity contribution in [3.63, 3.8) is 0 Å². The molecule has 0 aromatic heterocycles. The highest BCUT2D eigenvalue weighted by atomic mass is 35.5. The van der Waals surface area contributed by atoms with Gasteiger partial charge in [-0.25, -0.2) is 0 Å². The van der Waals surface area contributed by atoms with E-state index in [9.17, 15) is 9.90 Å². The Kier molecular flexibility index (Phi) is 4.37. The summed E-state index contributed by atoms with van der Waals surface area (Å²) in [5.41, 5.74) is 1.50. The predicted octanol–water partition coefficient (Wildman–Crippen LogP) is 4.23. The molecular weight excluding hydrogens is 337 g/mol. The topological polar surface area (TPSA) is 49.8 Å². The molecule has 0 bridgehead atoms. The molecule has 23 heavy (non-hydrogen) atoms. The Labute approximate surface area is 144 Å². The van der Waals surface area contributed by atoms with Gasteiger partial charge in [-0.1, -0.05) is 29.3 Å². The molecule has 0 aliphatic carbocycles. The third-order valence-electron chi connectivity index (χ3n) is 4.03. The van der Waals surface area contributed by atoms with Crippen LogP contribution in [0.3, 0.4) is 0 Å². The Hall–Kier alpha value is -1.91. The van der Waals surface area contributed by atoms with E-state index < -0.39 is 0 Å². The number of carbonyl (C=O) groups excluding carboxylic acids is 1. The average molecular weight is 352 g/mol. The maximum atomic E-state index is 12.7. The van der Waals surface area contributed by atoms with Crippen molar-refractivity contribution in [2.45, 2.75) is 12.3 Å². The van der Waals surface area contributed by atoms with Crippen LogP contribution in [0.2, 0.25) is 10.0 Å². The lowest BCUT2D eigenvalue weighted by Crippen LogP contribution is -2.26. The number of ether oxygens (including phenoxy) is 1. The highest BCUT2D eigenvalue weighted by Crippen LogP contribution is 2.37. The van der Waals surface area contributed by atoms with Gasteiger partial charge in [0.15, 0.2) is 11.5 Å². The van der Waals surface area contributed by atoms with E-state index >= 15 is 0 Å². The standard InChI is InChI=1S/C17H15Cl2NO3/c1-23-16-5-3-11(9-15(16)21)20-7-6-12(17(20)22)10-2-4-13(18)14(19)8-10/h2-5,8-9,12,21H,6-7H2,1H3. The summed E-state index contributed by atoms with van der Waals surface area (Å²) in [5.74, 6) is 0.110. The Bertz CT molecular complexity index is 763. The summed E-state index contributed by atoms with van der Waals surface area (Å²) in [5, 5.41) is 10.8. The zero-order chi connectivity index (χ0) is 16.6. The highest BCUT2D eigenvalue weighted by Gasteiger charge is 2.34. The van der Waals surface area contributed by atoms with Gasteiger partial charge in [0.25, 0.3) is 0 Å². The summed E-state index contributed by atoms with van der Waals surface area (Å²) in [6.07, 6.45) is 0.684. The fraction of sp³-hybridized carbons (Fsp3) is 0.235. The molecule has 1 fully saturated rings. The first-order valence-corrected chi connectivity index (χ1v) is 7.90. The van der Waals surface area contributed by atoms with Crippen molar-refractivity contribution in [3.05, 3.63) is 52.0 Å². The highest BCUT2D eigenvalue weighted by molar-refractivity contribution is 6.42. The molecule has 1 saturated heterocycles. The number of hydrogen-bond donors (Lipinski definition) is 1. The number of nitrogens with zero attached hydrogens (tertiary/aromatic N) is 1. The number of rotatable bonds is 3. The first-order chi connectivity index (χ1) is 11.0. The van der Waals surface area contributed by atoms with Crippen molar-refractivity contribution >= 4 is 34.8 Å². The van der Waals surface area contributed by atoms with Crippen molar-refractivity contribution in [2.75, 3.05) is 18.6 Å². The zero-order valence-corrected chi connectivity index (χ0v) is 13.9. The number of hydrogen-bond acceptors (Lipinski definition) is 3. The summed E-state index contributed by atoms with van der Waals surface area (Å²) < 4.78 is 5.02. The van der Waals surface area contributed by atoms with Crippen molar-refractivity contribution in [1.29, 1.82) is 0 Å². The number of benzene rings is 2. The van der Waals surface area contributed by atoms with Crippen molar-refractivity contribution in [3.8, 4) is 11.5 Å². The lowest BCUT2D eigenvalue weighted by atomic mass is 9.98. The minimum absolute atomic E-state index is 0.00999. The minimum Gasteiger partial charge on any atom is -0.504 e. The fourth-order valence-corrected chi connectivity index (χ4v) is 3.13. The van der Waals surface area contributed by atoms with Gasteiger partial charge in [-0.3, -0.25) is 4.79 Å². The van der Waals surface area contributed by atoms with Crippen LogP contribution in [0.4, 0.5) is 5.69 Å². The van der Waals surface area contributed by atoms with Crippen LogP contribution in [0.1, 0.15) is 17.9 Å². The van der Waals surface area contributed by atoms with Crippen LogP contribution in [-0.2, 0) is 4.79 Å². The zero-order valence-electron chi connectivity index (χ0n) is 12.4. The second kappa shape index (κ2) is 6.30. The van der Waals surface area contributed by atoms with E-state index in [1.807, 2.05) is 6.07 Å². The van der Waals surface area contributed by atoms with Crippen LogP contribution in [-0.4, -0.2) is 24.7 Å². The predicted molar refractivity (Wildman–Crippen MR) is 90.8 cm³/mol. The fourth-order valence-electron chi connectivity index (χ4n) is 2.82. The minimum atomic E-state index is -0.256. The van der Waals surface area contributed by atoms with E-state index in [4.69, 9.17) is 27.9 Å². The molecule has 0 spiro atoms. The maximum Gasteiger partial charge on any atom is 0.234 e. The third-order valence-corrected chi connectivity index (χ3v) is 4.76. The Balaban J connectivity index is 1.86. The Morgan fingerprint density at radius 3 is 2.61 bits per heavy atom.